The van der Waals surface area contributed by atoms with Crippen molar-refractivity contribution in [3.63, 3.8) is 0 Å². The van der Waals surface area contributed by atoms with Crippen LogP contribution in [0.2, 0.25) is 0 Å². The van der Waals surface area contributed by atoms with Gasteiger partial charge in [-0.15, -0.1) is 0 Å². The summed E-state index contributed by atoms with van der Waals surface area (Å²) in [6.07, 6.45) is -1.28. The molecule has 2 aromatic carbocycles. The Morgan fingerprint density at radius 2 is 1.66 bits per heavy atom. The first-order valence-corrected chi connectivity index (χ1v) is 11.4. The summed E-state index contributed by atoms with van der Waals surface area (Å²) < 4.78 is 15.6. The lowest BCUT2D eigenvalue weighted by Crippen LogP contribution is -2.49. The Bertz CT molecular complexity index is 956. The van der Waals surface area contributed by atoms with Crippen molar-refractivity contribution in [2.45, 2.75) is 58.0 Å². The molecule has 0 fully saturated rings. The van der Waals surface area contributed by atoms with E-state index >= 15 is 0 Å². The number of methoxy groups -OCH3 is 1. The third-order valence-corrected chi connectivity index (χ3v) is 4.84. The van der Waals surface area contributed by atoms with Crippen LogP contribution in [0.1, 0.15) is 49.5 Å². The number of rotatable bonds is 11. The van der Waals surface area contributed by atoms with Crippen LogP contribution in [0.25, 0.3) is 0 Å². The number of esters is 1. The summed E-state index contributed by atoms with van der Waals surface area (Å²) in [5.74, 6) is -0.720. The van der Waals surface area contributed by atoms with E-state index in [1.54, 1.807) is 45.0 Å². The minimum atomic E-state index is -1.26. The van der Waals surface area contributed by atoms with Crippen molar-refractivity contribution in [1.82, 2.24) is 10.6 Å². The summed E-state index contributed by atoms with van der Waals surface area (Å²) in [5.41, 5.74) is 0.700. The minimum Gasteiger partial charge on any atom is -0.489 e. The molecule has 0 bridgehead atoms. The second-order valence-corrected chi connectivity index (χ2v) is 8.91. The second-order valence-electron chi connectivity index (χ2n) is 8.91. The minimum absolute atomic E-state index is 0.141. The van der Waals surface area contributed by atoms with Gasteiger partial charge in [0.05, 0.1) is 13.2 Å². The third-order valence-electron chi connectivity index (χ3n) is 4.84. The lowest BCUT2D eigenvalue weighted by atomic mass is 10.0. The molecule has 0 unspecified atom stereocenters. The predicted molar refractivity (Wildman–Crippen MR) is 130 cm³/mol. The standard InChI is InChI=1S/C26H34N2O7/c1-26(2,3)35-25(32)27-16-8-11-21(29)22(24(31)33-4)28-23(30)19-12-14-20(15-13-19)34-17-18-9-6-5-7-10-18/h5-7,9-10,12-15,21-22,29H,8,11,16-17H2,1-4H3,(H,27,32)(H,28,30)/t21-,22+/m1/s1. The average Bonchev–Trinajstić information content (AvgIpc) is 2.83. The van der Waals surface area contributed by atoms with Crippen LogP contribution in [0.5, 0.6) is 5.75 Å². The lowest BCUT2D eigenvalue weighted by molar-refractivity contribution is -0.146. The molecule has 0 aliphatic rings. The van der Waals surface area contributed by atoms with Crippen LogP contribution < -0.4 is 15.4 Å². The number of alkyl carbamates (subject to hydrolysis) is 1. The van der Waals surface area contributed by atoms with Gasteiger partial charge in [0.1, 0.15) is 18.0 Å². The van der Waals surface area contributed by atoms with Crippen LogP contribution >= 0.6 is 0 Å². The summed E-state index contributed by atoms with van der Waals surface area (Å²) in [5, 5.41) is 15.6. The zero-order chi connectivity index (χ0) is 25.8. The van der Waals surface area contributed by atoms with Crippen molar-refractivity contribution >= 4 is 18.0 Å². The van der Waals surface area contributed by atoms with E-state index in [4.69, 9.17) is 14.2 Å². The highest BCUT2D eigenvalue weighted by Gasteiger charge is 2.29. The molecule has 3 N–H and O–H groups in total. The molecule has 0 saturated carbocycles. The Morgan fingerprint density at radius 1 is 1.00 bits per heavy atom. The maximum absolute atomic E-state index is 12.7. The van der Waals surface area contributed by atoms with Crippen LogP contribution in [0.15, 0.2) is 54.6 Å². The average molecular weight is 487 g/mol. The van der Waals surface area contributed by atoms with E-state index in [1.807, 2.05) is 30.3 Å². The summed E-state index contributed by atoms with van der Waals surface area (Å²) >= 11 is 0. The number of carbonyl (C=O) groups is 3. The highest BCUT2D eigenvalue weighted by atomic mass is 16.6. The number of hydrogen-bond donors (Lipinski definition) is 3. The van der Waals surface area contributed by atoms with E-state index in [2.05, 4.69) is 10.6 Å². The normalized spacial score (nSPS) is 12.7. The number of carbonyl (C=O) groups excluding carboxylic acids is 3. The fraction of sp³-hybridized carbons (Fsp3) is 0.423. The smallest absolute Gasteiger partial charge is 0.407 e. The third kappa shape index (κ3) is 10.1. The Kier molecular flexibility index (Phi) is 10.5. The monoisotopic (exact) mass is 486 g/mol. The topological polar surface area (TPSA) is 123 Å². The van der Waals surface area contributed by atoms with Gasteiger partial charge in [-0.2, -0.15) is 0 Å². The van der Waals surface area contributed by atoms with Crippen molar-refractivity contribution in [3.8, 4) is 5.75 Å². The second kappa shape index (κ2) is 13.3. The maximum Gasteiger partial charge on any atom is 0.407 e. The first-order chi connectivity index (χ1) is 16.6. The van der Waals surface area contributed by atoms with Crippen LogP contribution in [0.4, 0.5) is 4.79 Å². The fourth-order valence-corrected chi connectivity index (χ4v) is 3.09. The van der Waals surface area contributed by atoms with E-state index < -0.39 is 35.7 Å². The molecule has 2 amide bonds. The lowest BCUT2D eigenvalue weighted by Gasteiger charge is -2.22. The summed E-state index contributed by atoms with van der Waals surface area (Å²) in [6.45, 7) is 5.89. The van der Waals surface area contributed by atoms with Crippen molar-refractivity contribution in [2.75, 3.05) is 13.7 Å². The zero-order valence-electron chi connectivity index (χ0n) is 20.6. The molecule has 2 rings (SSSR count). The Morgan fingerprint density at radius 3 is 2.26 bits per heavy atom. The number of benzene rings is 2. The summed E-state index contributed by atoms with van der Waals surface area (Å²) in [6, 6.07) is 14.9. The van der Waals surface area contributed by atoms with E-state index in [9.17, 15) is 19.5 Å². The molecule has 0 aliphatic heterocycles. The first kappa shape index (κ1) is 27.7. The number of amides is 2. The van der Waals surface area contributed by atoms with Gasteiger partial charge in [0.25, 0.3) is 5.91 Å². The molecule has 9 heteroatoms. The highest BCUT2D eigenvalue weighted by molar-refractivity contribution is 5.97. The molecular formula is C26H34N2O7. The molecule has 0 radical (unpaired) electrons. The predicted octanol–water partition coefficient (Wildman–Crippen LogP) is 3.20. The molecule has 2 atom stereocenters. The molecule has 0 heterocycles. The summed E-state index contributed by atoms with van der Waals surface area (Å²) in [4.78, 5) is 36.6. The van der Waals surface area contributed by atoms with Crippen LogP contribution in [-0.2, 0) is 20.9 Å². The molecule has 0 aliphatic carbocycles. The zero-order valence-corrected chi connectivity index (χ0v) is 20.6. The highest BCUT2D eigenvalue weighted by Crippen LogP contribution is 2.15. The van der Waals surface area contributed by atoms with Crippen molar-refractivity contribution < 1.29 is 33.7 Å². The van der Waals surface area contributed by atoms with Gasteiger partial charge in [-0.3, -0.25) is 4.79 Å². The molecule has 190 valence electrons. The Labute approximate surface area is 205 Å². The van der Waals surface area contributed by atoms with Gasteiger partial charge in [-0.1, -0.05) is 30.3 Å². The molecule has 35 heavy (non-hydrogen) atoms. The van der Waals surface area contributed by atoms with Gasteiger partial charge in [0.15, 0.2) is 6.04 Å². The first-order valence-electron chi connectivity index (χ1n) is 11.4. The molecule has 0 aromatic heterocycles. The molecule has 0 spiro atoms. The number of ether oxygens (including phenoxy) is 3. The Balaban J connectivity index is 1.87. The van der Waals surface area contributed by atoms with Gasteiger partial charge in [0, 0.05) is 12.1 Å². The molecular weight excluding hydrogens is 452 g/mol. The van der Waals surface area contributed by atoms with Gasteiger partial charge < -0.3 is 30.0 Å². The Hall–Kier alpha value is -3.59. The van der Waals surface area contributed by atoms with Crippen LogP contribution in [0.3, 0.4) is 0 Å². The summed E-state index contributed by atoms with van der Waals surface area (Å²) in [7, 11) is 1.18. The number of nitrogens with one attached hydrogen (secondary N) is 2. The quantitative estimate of drug-likeness (QED) is 0.329. The molecule has 9 nitrogen and oxygen atoms in total. The SMILES string of the molecule is COC(=O)[C@@H](NC(=O)c1ccc(OCc2ccccc2)cc1)[C@H](O)CCCNC(=O)OC(C)(C)C. The van der Waals surface area contributed by atoms with E-state index in [0.717, 1.165) is 5.56 Å². The van der Waals surface area contributed by atoms with Crippen molar-refractivity contribution in [1.29, 1.82) is 0 Å². The molecule has 2 aromatic rings. The largest absolute Gasteiger partial charge is 0.489 e. The van der Waals surface area contributed by atoms with Crippen LogP contribution in [-0.4, -0.2) is 54.5 Å². The van der Waals surface area contributed by atoms with Gasteiger partial charge in [-0.25, -0.2) is 9.59 Å². The van der Waals surface area contributed by atoms with Crippen molar-refractivity contribution in [3.05, 3.63) is 65.7 Å². The van der Waals surface area contributed by atoms with Gasteiger partial charge >= 0.3 is 12.1 Å². The maximum atomic E-state index is 12.7. The van der Waals surface area contributed by atoms with E-state index in [0.29, 0.717) is 24.3 Å². The van der Waals surface area contributed by atoms with Gasteiger partial charge in [0.2, 0.25) is 0 Å². The van der Waals surface area contributed by atoms with E-state index in [1.165, 1.54) is 7.11 Å². The number of aliphatic hydroxyl groups excluding tert-OH is 1. The van der Waals surface area contributed by atoms with Crippen LogP contribution in [0, 0.1) is 0 Å². The number of aliphatic hydroxyl groups is 1. The van der Waals surface area contributed by atoms with Crippen molar-refractivity contribution in [2.24, 2.45) is 0 Å². The fourth-order valence-electron chi connectivity index (χ4n) is 3.09. The molecule has 0 saturated heterocycles. The number of hydrogen-bond acceptors (Lipinski definition) is 7. The van der Waals surface area contributed by atoms with E-state index in [-0.39, 0.29) is 13.0 Å². The van der Waals surface area contributed by atoms with Gasteiger partial charge in [-0.05, 0) is 63.4 Å².